The summed E-state index contributed by atoms with van der Waals surface area (Å²) in [5.74, 6) is 0.381. The Balaban J connectivity index is 1.11. The fourth-order valence-electron chi connectivity index (χ4n) is 8.75. The first-order valence-corrected chi connectivity index (χ1v) is 22.6. The first-order valence-electron chi connectivity index (χ1n) is 22.6. The van der Waals surface area contributed by atoms with Gasteiger partial charge in [-0.05, 0) is 83.1 Å². The molecule has 65 heavy (non-hydrogen) atoms. The van der Waals surface area contributed by atoms with E-state index >= 15 is 0 Å². The molecule has 8 heteroatoms. The standard InChI is InChI=1S/C57H59NO7/c1-56(2,3)64-55(59)65-58-38-48(42-63-57(49-23-10-5-11-24-49,50-25-12-6-13-26-50)51-27-14-7-15-28-51)54(53(39-58)62-41-44-29-30-45-21-16-17-22-47(45)37-44)46-31-33-52(34-32-46)61-36-18-35-60-40-43-19-8-4-9-20-43/h4-17,19-34,37,48,53-54H,18,35-36,38-42H2,1-3H3. The number of carbonyl (C=O) groups excluding carboxylic acids is 1. The zero-order valence-corrected chi connectivity index (χ0v) is 37.6. The molecule has 7 aromatic rings. The summed E-state index contributed by atoms with van der Waals surface area (Å²) in [5.41, 5.74) is 4.58. The third-order valence-corrected chi connectivity index (χ3v) is 11.7. The quantitative estimate of drug-likeness (QED) is 0.0480. The Hall–Kier alpha value is -6.29. The Kier molecular flexibility index (Phi) is 15.0. The largest absolute Gasteiger partial charge is 0.528 e. The van der Waals surface area contributed by atoms with E-state index in [1.165, 1.54) is 5.39 Å². The SMILES string of the molecule is CC(C)(C)OC(=O)ON1CC(COC(c2ccccc2)(c2ccccc2)c2ccccc2)C(c2ccc(OCCCOCc3ccccc3)cc2)C(OCc2ccc3ccccc3c2)C1. The van der Waals surface area contributed by atoms with Gasteiger partial charge in [-0.15, -0.1) is 5.06 Å². The molecule has 0 amide bonds. The molecule has 0 radical (unpaired) electrons. The van der Waals surface area contributed by atoms with Crippen molar-refractivity contribution in [3.63, 3.8) is 0 Å². The van der Waals surface area contributed by atoms with Crippen LogP contribution in [-0.2, 0) is 42.6 Å². The lowest BCUT2D eigenvalue weighted by atomic mass is 9.77. The summed E-state index contributed by atoms with van der Waals surface area (Å²) in [5, 5.41) is 4.00. The smallest absolute Gasteiger partial charge is 0.494 e. The molecule has 0 aliphatic carbocycles. The Morgan fingerprint density at radius 1 is 0.600 bits per heavy atom. The Labute approximate surface area is 383 Å². The van der Waals surface area contributed by atoms with Gasteiger partial charge in [-0.2, -0.15) is 0 Å². The topological polar surface area (TPSA) is 75.7 Å². The molecule has 1 aliphatic heterocycles. The molecule has 3 unspecified atom stereocenters. The van der Waals surface area contributed by atoms with Crippen LogP contribution in [0.4, 0.5) is 4.79 Å². The van der Waals surface area contributed by atoms with Crippen LogP contribution >= 0.6 is 0 Å². The fraction of sp³-hybridized carbons (Fsp3) is 0.281. The summed E-state index contributed by atoms with van der Waals surface area (Å²) in [6.45, 7) is 8.53. The third-order valence-electron chi connectivity index (χ3n) is 11.7. The van der Waals surface area contributed by atoms with Gasteiger partial charge in [-0.1, -0.05) is 170 Å². The van der Waals surface area contributed by atoms with E-state index in [0.29, 0.717) is 39.5 Å². The van der Waals surface area contributed by atoms with Gasteiger partial charge in [-0.3, -0.25) is 0 Å². The van der Waals surface area contributed by atoms with Crippen molar-refractivity contribution in [3.05, 3.63) is 221 Å². The van der Waals surface area contributed by atoms with Gasteiger partial charge >= 0.3 is 6.16 Å². The highest BCUT2D eigenvalue weighted by Crippen LogP contribution is 2.44. The first-order chi connectivity index (χ1) is 31.7. The average molecular weight is 870 g/mol. The zero-order chi connectivity index (χ0) is 44.9. The van der Waals surface area contributed by atoms with Crippen LogP contribution in [0.15, 0.2) is 188 Å². The molecule has 1 fully saturated rings. The number of hydroxylamine groups is 2. The van der Waals surface area contributed by atoms with Crippen molar-refractivity contribution >= 4 is 16.9 Å². The molecule has 0 aromatic heterocycles. The zero-order valence-electron chi connectivity index (χ0n) is 37.6. The second kappa shape index (κ2) is 21.6. The van der Waals surface area contributed by atoms with Crippen LogP contribution in [0.3, 0.4) is 0 Å². The third kappa shape index (κ3) is 11.9. The lowest BCUT2D eigenvalue weighted by Crippen LogP contribution is -2.52. The van der Waals surface area contributed by atoms with E-state index in [9.17, 15) is 4.79 Å². The van der Waals surface area contributed by atoms with Crippen LogP contribution < -0.4 is 4.74 Å². The molecule has 334 valence electrons. The van der Waals surface area contributed by atoms with E-state index in [1.807, 2.05) is 81.4 Å². The van der Waals surface area contributed by atoms with Crippen LogP contribution in [0.5, 0.6) is 5.75 Å². The maximum absolute atomic E-state index is 13.3. The molecule has 0 spiro atoms. The number of fused-ring (bicyclic) bond motifs is 1. The van der Waals surface area contributed by atoms with Crippen LogP contribution in [0.25, 0.3) is 10.8 Å². The fourth-order valence-corrected chi connectivity index (χ4v) is 8.75. The number of carbonyl (C=O) groups is 1. The highest BCUT2D eigenvalue weighted by Gasteiger charge is 2.44. The molecule has 8 nitrogen and oxygen atoms in total. The van der Waals surface area contributed by atoms with E-state index in [2.05, 4.69) is 127 Å². The highest BCUT2D eigenvalue weighted by atomic mass is 16.8. The van der Waals surface area contributed by atoms with Gasteiger partial charge < -0.3 is 28.5 Å². The summed E-state index contributed by atoms with van der Waals surface area (Å²) in [6.07, 6.45) is -0.414. The molecular formula is C57H59NO7. The lowest BCUT2D eigenvalue weighted by molar-refractivity contribution is -0.198. The van der Waals surface area contributed by atoms with E-state index < -0.39 is 23.5 Å². The monoisotopic (exact) mass is 869 g/mol. The van der Waals surface area contributed by atoms with Gasteiger partial charge in [0, 0.05) is 24.8 Å². The number of rotatable bonds is 18. The van der Waals surface area contributed by atoms with Gasteiger partial charge in [0.25, 0.3) is 0 Å². The Morgan fingerprint density at radius 2 is 1.18 bits per heavy atom. The molecule has 1 saturated heterocycles. The van der Waals surface area contributed by atoms with Crippen LogP contribution in [0, 0.1) is 5.92 Å². The van der Waals surface area contributed by atoms with Crippen LogP contribution in [0.1, 0.15) is 66.5 Å². The van der Waals surface area contributed by atoms with Crippen molar-refractivity contribution in [1.29, 1.82) is 0 Å². The lowest BCUT2D eigenvalue weighted by Gasteiger charge is -2.44. The summed E-state index contributed by atoms with van der Waals surface area (Å²) in [7, 11) is 0. The van der Waals surface area contributed by atoms with Crippen molar-refractivity contribution in [3.8, 4) is 5.75 Å². The number of hydrogen-bond acceptors (Lipinski definition) is 8. The summed E-state index contributed by atoms with van der Waals surface area (Å²) < 4.78 is 32.3. The molecular weight excluding hydrogens is 811 g/mol. The van der Waals surface area contributed by atoms with E-state index in [4.69, 9.17) is 28.5 Å². The molecule has 1 aliphatic rings. The number of piperidine rings is 1. The van der Waals surface area contributed by atoms with E-state index in [1.54, 1.807) is 5.06 Å². The molecule has 0 bridgehead atoms. The van der Waals surface area contributed by atoms with Gasteiger partial charge in [0.15, 0.2) is 0 Å². The first kappa shape index (κ1) is 45.3. The molecule has 3 atom stereocenters. The number of ether oxygens (including phenoxy) is 5. The van der Waals surface area contributed by atoms with Crippen LogP contribution in [-0.4, -0.2) is 55.8 Å². The highest BCUT2D eigenvalue weighted by molar-refractivity contribution is 5.83. The number of nitrogens with zero attached hydrogens (tertiary/aromatic N) is 1. The summed E-state index contributed by atoms with van der Waals surface area (Å²) in [4.78, 5) is 19.4. The normalized spacial score (nSPS) is 16.8. The maximum atomic E-state index is 13.3. The van der Waals surface area contributed by atoms with Crippen molar-refractivity contribution in [1.82, 2.24) is 5.06 Å². The maximum Gasteiger partial charge on any atom is 0.528 e. The molecule has 0 N–H and O–H groups in total. The van der Waals surface area contributed by atoms with E-state index in [-0.39, 0.29) is 18.4 Å². The van der Waals surface area contributed by atoms with Gasteiger partial charge in [-0.25, -0.2) is 4.79 Å². The average Bonchev–Trinajstić information content (AvgIpc) is 3.33. The number of benzene rings is 7. The molecule has 1 heterocycles. The van der Waals surface area contributed by atoms with Crippen molar-refractivity contribution in [2.75, 3.05) is 32.9 Å². The predicted molar refractivity (Wildman–Crippen MR) is 255 cm³/mol. The summed E-state index contributed by atoms with van der Waals surface area (Å²) >= 11 is 0. The van der Waals surface area contributed by atoms with Crippen LogP contribution in [0.2, 0.25) is 0 Å². The second-order valence-corrected chi connectivity index (χ2v) is 17.6. The van der Waals surface area contributed by atoms with Gasteiger partial charge in [0.1, 0.15) is 17.0 Å². The minimum Gasteiger partial charge on any atom is -0.494 e. The second-order valence-electron chi connectivity index (χ2n) is 17.6. The van der Waals surface area contributed by atoms with Gasteiger partial charge in [0.2, 0.25) is 0 Å². The molecule has 8 rings (SSSR count). The minimum atomic E-state index is -0.966. The number of hydrogen-bond donors (Lipinski definition) is 0. The van der Waals surface area contributed by atoms with E-state index in [0.717, 1.165) is 50.9 Å². The minimum absolute atomic E-state index is 0.172. The molecule has 0 saturated carbocycles. The summed E-state index contributed by atoms with van der Waals surface area (Å²) in [6, 6.07) is 64.4. The van der Waals surface area contributed by atoms with Crippen molar-refractivity contribution in [2.24, 2.45) is 5.92 Å². The van der Waals surface area contributed by atoms with Gasteiger partial charge in [0.05, 0.1) is 45.7 Å². The molecule has 7 aromatic carbocycles. The Morgan fingerprint density at radius 3 is 1.80 bits per heavy atom. The predicted octanol–water partition coefficient (Wildman–Crippen LogP) is 12.3. The Bertz CT molecular complexity index is 2430. The van der Waals surface area contributed by atoms with Crippen molar-refractivity contribution in [2.45, 2.75) is 63.6 Å². The van der Waals surface area contributed by atoms with Crippen molar-refractivity contribution < 1.29 is 33.3 Å².